The van der Waals surface area contributed by atoms with E-state index in [1.165, 1.54) is 25.7 Å². The Hall–Kier alpha value is -1.37. The van der Waals surface area contributed by atoms with Gasteiger partial charge in [-0.3, -0.25) is 4.57 Å². The maximum atomic E-state index is 11.0. The zero-order chi connectivity index (χ0) is 23.9. The molecule has 33 heavy (non-hydrogen) atoms. The van der Waals surface area contributed by atoms with E-state index in [9.17, 15) is 4.57 Å². The summed E-state index contributed by atoms with van der Waals surface area (Å²) in [5.74, 6) is 1.40. The first-order valence-electron chi connectivity index (χ1n) is 11.8. The number of unbranched alkanes of at least 4 members (excludes halogenated alkanes) is 5. The molecular weight excluding hydrogens is 505 g/mol. The van der Waals surface area contributed by atoms with Crippen molar-refractivity contribution in [2.24, 2.45) is 0 Å². The van der Waals surface area contributed by atoms with Gasteiger partial charge in [0.05, 0.1) is 17.2 Å². The first-order chi connectivity index (χ1) is 15.9. The highest BCUT2D eigenvalue weighted by Gasteiger charge is 2.14. The second-order valence-corrected chi connectivity index (χ2v) is 10.8. The molecule has 0 bridgehead atoms. The summed E-state index contributed by atoms with van der Waals surface area (Å²) in [5, 5.41) is 3.24. The molecule has 0 aromatic heterocycles. The van der Waals surface area contributed by atoms with E-state index < -0.39 is 7.60 Å². The van der Waals surface area contributed by atoms with Crippen LogP contribution in [0, 0.1) is 0 Å². The zero-order valence-corrected chi connectivity index (χ0v) is 22.0. The summed E-state index contributed by atoms with van der Waals surface area (Å²) in [4.78, 5) is 18.0. The predicted molar refractivity (Wildman–Crippen MR) is 137 cm³/mol. The smallest absolute Gasteiger partial charge is 0.325 e. The van der Waals surface area contributed by atoms with Gasteiger partial charge in [-0.1, -0.05) is 69.4 Å². The summed E-state index contributed by atoms with van der Waals surface area (Å²) in [7, 11) is -3.94. The second kappa shape index (κ2) is 15.5. The van der Waals surface area contributed by atoms with Crippen molar-refractivity contribution in [1.29, 1.82) is 0 Å². The van der Waals surface area contributed by atoms with Crippen LogP contribution in [0.1, 0.15) is 63.0 Å². The molecule has 0 radical (unpaired) electrons. The largest absolute Gasteiger partial charge is 0.489 e. The Morgan fingerprint density at radius 3 is 2.39 bits per heavy atom. The Balaban J connectivity index is 1.97. The molecule has 0 saturated carbocycles. The lowest BCUT2D eigenvalue weighted by Crippen LogP contribution is -2.16. The van der Waals surface area contributed by atoms with Gasteiger partial charge in [0, 0.05) is 6.54 Å². The first-order valence-corrected chi connectivity index (χ1v) is 14.4. The third-order valence-electron chi connectivity index (χ3n) is 5.18. The van der Waals surface area contributed by atoms with Crippen molar-refractivity contribution in [3.63, 3.8) is 0 Å². The SMILES string of the molecule is CCCCCCCCOc1c(Br)cc(CNCCCP(=O)(O)O)cc1OCc1ccccc1. The van der Waals surface area contributed by atoms with Gasteiger partial charge in [0.2, 0.25) is 0 Å². The average Bonchev–Trinajstić information content (AvgIpc) is 2.78. The standard InChI is InChI=1S/C25H37BrNO5P/c1-2-3-4-5-6-10-15-31-25-23(26)17-22(19-27-14-11-16-33(28,29)30)18-24(25)32-20-21-12-8-7-9-13-21/h7-9,12-13,17-18,27H,2-6,10-11,14-16,19-20H2,1H3,(H2,28,29,30). The van der Waals surface area contributed by atoms with Crippen LogP contribution in [0.25, 0.3) is 0 Å². The summed E-state index contributed by atoms with van der Waals surface area (Å²) < 4.78 is 24.1. The third-order valence-corrected chi connectivity index (χ3v) is 6.67. The molecule has 2 rings (SSSR count). The van der Waals surface area contributed by atoms with Crippen molar-refractivity contribution in [2.75, 3.05) is 19.3 Å². The summed E-state index contributed by atoms with van der Waals surface area (Å²) >= 11 is 3.64. The predicted octanol–water partition coefficient (Wildman–Crippen LogP) is 6.42. The van der Waals surface area contributed by atoms with Gasteiger partial charge in [0.25, 0.3) is 0 Å². The van der Waals surface area contributed by atoms with E-state index in [4.69, 9.17) is 19.3 Å². The van der Waals surface area contributed by atoms with Gasteiger partial charge in [-0.05, 0) is 58.6 Å². The van der Waals surface area contributed by atoms with Crippen molar-refractivity contribution in [1.82, 2.24) is 5.32 Å². The average molecular weight is 542 g/mol. The lowest BCUT2D eigenvalue weighted by Gasteiger charge is -2.17. The van der Waals surface area contributed by atoms with Crippen LogP contribution in [0.2, 0.25) is 0 Å². The van der Waals surface area contributed by atoms with E-state index >= 15 is 0 Å². The molecule has 2 aromatic carbocycles. The van der Waals surface area contributed by atoms with Crippen molar-refractivity contribution >= 4 is 23.5 Å². The Labute approximate surface area is 206 Å². The first kappa shape index (κ1) is 27.9. The summed E-state index contributed by atoms with van der Waals surface area (Å²) in [6.45, 7) is 4.41. The van der Waals surface area contributed by atoms with E-state index in [0.29, 0.717) is 44.2 Å². The minimum atomic E-state index is -3.94. The summed E-state index contributed by atoms with van der Waals surface area (Å²) in [6.07, 6.45) is 7.53. The van der Waals surface area contributed by atoms with Crippen LogP contribution in [0.3, 0.4) is 0 Å². The molecule has 0 amide bonds. The van der Waals surface area contributed by atoms with Crippen LogP contribution in [0.15, 0.2) is 46.9 Å². The second-order valence-electron chi connectivity index (χ2n) is 8.21. The van der Waals surface area contributed by atoms with Crippen LogP contribution in [0.5, 0.6) is 11.5 Å². The van der Waals surface area contributed by atoms with Crippen molar-refractivity contribution in [3.8, 4) is 11.5 Å². The van der Waals surface area contributed by atoms with Gasteiger partial charge < -0.3 is 24.6 Å². The molecule has 0 aliphatic rings. The summed E-state index contributed by atoms with van der Waals surface area (Å²) in [5.41, 5.74) is 2.09. The highest BCUT2D eigenvalue weighted by Crippen LogP contribution is 2.38. The number of nitrogens with one attached hydrogen (secondary N) is 1. The zero-order valence-electron chi connectivity index (χ0n) is 19.5. The van der Waals surface area contributed by atoms with E-state index in [-0.39, 0.29) is 6.16 Å². The highest BCUT2D eigenvalue weighted by atomic mass is 79.9. The van der Waals surface area contributed by atoms with Gasteiger partial charge in [0.15, 0.2) is 11.5 Å². The van der Waals surface area contributed by atoms with Crippen LogP contribution in [0.4, 0.5) is 0 Å². The van der Waals surface area contributed by atoms with Crippen LogP contribution >= 0.6 is 23.5 Å². The minimum Gasteiger partial charge on any atom is -0.489 e. The molecule has 0 saturated heterocycles. The fourth-order valence-electron chi connectivity index (χ4n) is 3.41. The summed E-state index contributed by atoms with van der Waals surface area (Å²) in [6, 6.07) is 14.0. The Morgan fingerprint density at radius 2 is 1.67 bits per heavy atom. The highest BCUT2D eigenvalue weighted by molar-refractivity contribution is 9.10. The topological polar surface area (TPSA) is 88.0 Å². The number of halogens is 1. The van der Waals surface area contributed by atoms with E-state index in [2.05, 4.69) is 28.2 Å². The fraction of sp³-hybridized carbons (Fsp3) is 0.520. The molecule has 2 aromatic rings. The molecule has 0 unspecified atom stereocenters. The molecule has 184 valence electrons. The molecule has 6 nitrogen and oxygen atoms in total. The Bertz CT molecular complexity index is 859. The van der Waals surface area contributed by atoms with Crippen LogP contribution in [-0.4, -0.2) is 29.1 Å². The van der Waals surface area contributed by atoms with Gasteiger partial charge in [-0.15, -0.1) is 0 Å². The van der Waals surface area contributed by atoms with Gasteiger partial charge in [-0.2, -0.15) is 0 Å². The van der Waals surface area contributed by atoms with Gasteiger partial charge >= 0.3 is 7.60 Å². The molecular formula is C25H37BrNO5P. The van der Waals surface area contributed by atoms with Crippen LogP contribution < -0.4 is 14.8 Å². The van der Waals surface area contributed by atoms with Crippen molar-refractivity contribution in [2.45, 2.75) is 65.0 Å². The molecule has 0 aliphatic heterocycles. The Morgan fingerprint density at radius 1 is 0.939 bits per heavy atom. The fourth-order valence-corrected chi connectivity index (χ4v) is 4.58. The molecule has 0 aliphatic carbocycles. The van der Waals surface area contributed by atoms with E-state index in [1.54, 1.807) is 0 Å². The van der Waals surface area contributed by atoms with Gasteiger partial charge in [0.1, 0.15) is 6.61 Å². The molecule has 3 N–H and O–H groups in total. The maximum Gasteiger partial charge on any atom is 0.325 e. The van der Waals surface area contributed by atoms with Crippen molar-refractivity contribution in [3.05, 3.63) is 58.1 Å². The molecule has 0 heterocycles. The minimum absolute atomic E-state index is 0.111. The van der Waals surface area contributed by atoms with Crippen molar-refractivity contribution < 1.29 is 23.8 Å². The normalized spacial score (nSPS) is 11.5. The lowest BCUT2D eigenvalue weighted by molar-refractivity contribution is 0.255. The number of ether oxygens (including phenoxy) is 2. The number of benzene rings is 2. The number of hydrogen-bond acceptors (Lipinski definition) is 4. The van der Waals surface area contributed by atoms with Gasteiger partial charge in [-0.25, -0.2) is 0 Å². The molecule has 0 spiro atoms. The molecule has 8 heteroatoms. The quantitative estimate of drug-likeness (QED) is 0.158. The Kier molecular flexibility index (Phi) is 13.1. The third kappa shape index (κ3) is 12.1. The number of hydrogen-bond donors (Lipinski definition) is 3. The van der Waals surface area contributed by atoms with E-state index in [0.717, 1.165) is 28.4 Å². The maximum absolute atomic E-state index is 11.0. The lowest BCUT2D eigenvalue weighted by atomic mass is 10.1. The van der Waals surface area contributed by atoms with E-state index in [1.807, 2.05) is 42.5 Å². The van der Waals surface area contributed by atoms with Crippen LogP contribution in [-0.2, 0) is 17.7 Å². The number of rotatable bonds is 17. The molecule has 0 fully saturated rings. The molecule has 0 atom stereocenters. The monoisotopic (exact) mass is 541 g/mol.